The van der Waals surface area contributed by atoms with Gasteiger partial charge in [0.05, 0.1) is 17.6 Å². The Morgan fingerprint density at radius 2 is 2.17 bits per heavy atom. The van der Waals surface area contributed by atoms with Crippen molar-refractivity contribution < 1.29 is 5.11 Å². The van der Waals surface area contributed by atoms with Gasteiger partial charge < -0.3 is 15.4 Å². The van der Waals surface area contributed by atoms with Gasteiger partial charge in [-0.05, 0) is 59.5 Å². The fourth-order valence-electron chi connectivity index (χ4n) is 3.32. The van der Waals surface area contributed by atoms with Gasteiger partial charge in [0.1, 0.15) is 4.60 Å². The summed E-state index contributed by atoms with van der Waals surface area (Å²) in [7, 11) is 0. The van der Waals surface area contributed by atoms with E-state index in [2.05, 4.69) is 43.3 Å². The molecule has 3 N–H and O–H groups in total. The van der Waals surface area contributed by atoms with Crippen LogP contribution in [0.1, 0.15) is 39.9 Å². The van der Waals surface area contributed by atoms with Gasteiger partial charge >= 0.3 is 0 Å². The molecule has 120 valence electrons. The van der Waals surface area contributed by atoms with Gasteiger partial charge in [-0.15, -0.1) is 11.3 Å². The maximum atomic E-state index is 9.18. The Bertz CT molecular complexity index is 842. The molecule has 1 aliphatic rings. The average Bonchev–Trinajstić information content (AvgIpc) is 3.17. The number of aryl methyl sites for hydroxylation is 1. The van der Waals surface area contributed by atoms with Crippen LogP contribution in [0.3, 0.4) is 0 Å². The molecule has 0 unspecified atom stereocenters. The number of rotatable bonds is 4. The molecule has 1 atom stereocenters. The number of aromatic nitrogens is 2. The van der Waals surface area contributed by atoms with Gasteiger partial charge in [0.2, 0.25) is 0 Å². The first kappa shape index (κ1) is 15.3. The van der Waals surface area contributed by atoms with E-state index in [1.807, 2.05) is 12.1 Å². The molecule has 0 radical (unpaired) electrons. The number of hydrogen-bond donors (Lipinski definition) is 3. The van der Waals surface area contributed by atoms with E-state index < -0.39 is 0 Å². The van der Waals surface area contributed by atoms with Gasteiger partial charge in [-0.2, -0.15) is 0 Å². The van der Waals surface area contributed by atoms with E-state index in [1.54, 1.807) is 11.3 Å². The summed E-state index contributed by atoms with van der Waals surface area (Å²) in [5.74, 6) is 0. The first-order valence-corrected chi connectivity index (χ1v) is 9.44. The van der Waals surface area contributed by atoms with E-state index in [1.165, 1.54) is 22.6 Å². The summed E-state index contributed by atoms with van der Waals surface area (Å²) in [6, 6.07) is 8.50. The van der Waals surface area contributed by atoms with Crippen LogP contribution in [0.5, 0.6) is 0 Å². The fraction of sp³-hybridized carbons (Fsp3) is 0.353. The van der Waals surface area contributed by atoms with Gasteiger partial charge in [-0.1, -0.05) is 0 Å². The number of nitrogens with one attached hydrogen (secondary N) is 2. The van der Waals surface area contributed by atoms with Gasteiger partial charge in [0, 0.05) is 33.6 Å². The van der Waals surface area contributed by atoms with Crippen molar-refractivity contribution >= 4 is 38.3 Å². The zero-order valence-electron chi connectivity index (χ0n) is 12.6. The quantitative estimate of drug-likeness (QED) is 0.587. The maximum Gasteiger partial charge on any atom is 0.106 e. The second-order valence-electron chi connectivity index (χ2n) is 5.90. The third-order valence-electron chi connectivity index (χ3n) is 4.41. The number of H-pyrrole nitrogens is 1. The number of thiophene rings is 1. The Morgan fingerprint density at radius 1 is 1.30 bits per heavy atom. The number of aliphatic hydroxyl groups is 1. The van der Waals surface area contributed by atoms with Crippen LogP contribution in [-0.2, 0) is 19.6 Å². The fourth-order valence-corrected chi connectivity index (χ4v) is 4.46. The highest BCUT2D eigenvalue weighted by atomic mass is 79.9. The smallest absolute Gasteiger partial charge is 0.106 e. The Kier molecular flexibility index (Phi) is 4.24. The van der Waals surface area contributed by atoms with Gasteiger partial charge in [0.25, 0.3) is 0 Å². The molecule has 0 spiro atoms. The summed E-state index contributed by atoms with van der Waals surface area (Å²) in [6.45, 7) is 0.960. The minimum atomic E-state index is 0.126. The average molecular weight is 392 g/mol. The predicted octanol–water partition coefficient (Wildman–Crippen LogP) is 4.05. The normalized spacial score (nSPS) is 17.6. The number of nitrogens with zero attached hydrogens (tertiary/aromatic N) is 1. The molecule has 4 nitrogen and oxygen atoms in total. The van der Waals surface area contributed by atoms with Gasteiger partial charge in [-0.25, -0.2) is 4.98 Å². The number of aromatic amines is 1. The number of pyridine rings is 1. The third kappa shape index (κ3) is 2.96. The second kappa shape index (κ2) is 6.36. The van der Waals surface area contributed by atoms with Crippen LogP contribution in [0, 0.1) is 0 Å². The third-order valence-corrected chi connectivity index (χ3v) is 5.92. The molecule has 0 amide bonds. The molecule has 0 bridgehead atoms. The zero-order chi connectivity index (χ0) is 15.8. The van der Waals surface area contributed by atoms with Crippen molar-refractivity contribution in [3.8, 4) is 0 Å². The molecule has 3 aromatic rings. The van der Waals surface area contributed by atoms with Crippen LogP contribution in [0.2, 0.25) is 0 Å². The van der Waals surface area contributed by atoms with Crippen molar-refractivity contribution in [1.29, 1.82) is 0 Å². The zero-order valence-corrected chi connectivity index (χ0v) is 15.0. The largest absolute Gasteiger partial charge is 0.391 e. The number of halogens is 1. The highest BCUT2D eigenvalue weighted by Gasteiger charge is 2.24. The first-order valence-electron chi connectivity index (χ1n) is 7.83. The summed E-state index contributed by atoms with van der Waals surface area (Å²) in [4.78, 5) is 10.5. The molecule has 0 aromatic carbocycles. The Hall–Kier alpha value is -1.21. The number of fused-ring (bicyclic) bond motifs is 3. The van der Waals surface area contributed by atoms with Crippen molar-refractivity contribution in [2.75, 3.05) is 0 Å². The van der Waals surface area contributed by atoms with E-state index >= 15 is 0 Å². The van der Waals surface area contributed by atoms with Crippen LogP contribution in [-0.4, -0.2) is 15.1 Å². The van der Waals surface area contributed by atoms with E-state index in [4.69, 9.17) is 0 Å². The molecule has 0 saturated heterocycles. The van der Waals surface area contributed by atoms with Gasteiger partial charge in [0.15, 0.2) is 0 Å². The van der Waals surface area contributed by atoms with Crippen molar-refractivity contribution in [2.45, 2.75) is 38.5 Å². The highest BCUT2D eigenvalue weighted by molar-refractivity contribution is 9.10. The highest BCUT2D eigenvalue weighted by Crippen LogP contribution is 2.34. The first-order chi connectivity index (χ1) is 11.2. The maximum absolute atomic E-state index is 9.18. The summed E-state index contributed by atoms with van der Waals surface area (Å²) >= 11 is 5.14. The lowest BCUT2D eigenvalue weighted by Gasteiger charge is -2.23. The minimum absolute atomic E-state index is 0.126. The predicted molar refractivity (Wildman–Crippen MR) is 96.6 cm³/mol. The molecule has 1 aliphatic carbocycles. The molecule has 3 aromatic heterocycles. The topological polar surface area (TPSA) is 60.9 Å². The van der Waals surface area contributed by atoms with E-state index in [9.17, 15) is 5.11 Å². The molecule has 0 aliphatic heterocycles. The summed E-state index contributed by atoms with van der Waals surface area (Å²) < 4.78 is 0.886. The van der Waals surface area contributed by atoms with E-state index in [0.29, 0.717) is 6.04 Å². The second-order valence-corrected chi connectivity index (χ2v) is 7.96. The van der Waals surface area contributed by atoms with E-state index in [-0.39, 0.29) is 6.61 Å². The standard InChI is InChI=1S/C17H18BrN3OS/c18-15-7-6-14-17(21-15)12-2-1-3-13(16(12)20-14)19-8-10-4-5-11(9-22)23-10/h4-7,13,19-20,22H,1-3,8-9H2/t13-/m1/s1. The Balaban J connectivity index is 1.58. The lowest BCUT2D eigenvalue weighted by Crippen LogP contribution is -2.24. The molecular weight excluding hydrogens is 374 g/mol. The van der Waals surface area contributed by atoms with Gasteiger partial charge in [-0.3, -0.25) is 0 Å². The molecule has 3 heterocycles. The molecule has 0 saturated carbocycles. The number of aliphatic hydroxyl groups excluding tert-OH is 1. The lowest BCUT2D eigenvalue weighted by molar-refractivity contribution is 0.285. The molecule has 6 heteroatoms. The van der Waals surface area contributed by atoms with Crippen LogP contribution in [0.25, 0.3) is 11.0 Å². The Morgan fingerprint density at radius 3 is 3.00 bits per heavy atom. The lowest BCUT2D eigenvalue weighted by atomic mass is 9.93. The van der Waals surface area contributed by atoms with Crippen molar-refractivity contribution in [2.24, 2.45) is 0 Å². The molecule has 0 fully saturated rings. The van der Waals surface area contributed by atoms with Crippen molar-refractivity contribution in [3.05, 3.63) is 49.9 Å². The molecule has 4 rings (SSSR count). The minimum Gasteiger partial charge on any atom is -0.391 e. The van der Waals surface area contributed by atoms with Crippen LogP contribution in [0.4, 0.5) is 0 Å². The number of hydrogen-bond acceptors (Lipinski definition) is 4. The van der Waals surface area contributed by atoms with Crippen LogP contribution < -0.4 is 5.32 Å². The van der Waals surface area contributed by atoms with Crippen molar-refractivity contribution in [3.63, 3.8) is 0 Å². The van der Waals surface area contributed by atoms with Crippen LogP contribution >= 0.6 is 27.3 Å². The van der Waals surface area contributed by atoms with E-state index in [0.717, 1.165) is 39.9 Å². The monoisotopic (exact) mass is 391 g/mol. The van der Waals surface area contributed by atoms with Crippen molar-refractivity contribution in [1.82, 2.24) is 15.3 Å². The van der Waals surface area contributed by atoms with Crippen LogP contribution in [0.15, 0.2) is 28.9 Å². The summed E-state index contributed by atoms with van der Waals surface area (Å²) in [6.07, 6.45) is 3.40. The molecule has 23 heavy (non-hydrogen) atoms. The summed E-state index contributed by atoms with van der Waals surface area (Å²) in [5.41, 5.74) is 4.85. The SMILES string of the molecule is OCc1ccc(CN[C@@H]2CCCc3c2[nH]c2ccc(Br)nc32)s1. The Labute approximate surface area is 147 Å². The molecular formula is C17H18BrN3OS. The summed E-state index contributed by atoms with van der Waals surface area (Å²) in [5, 5.41) is 12.8.